The zero-order chi connectivity index (χ0) is 21.6. The van der Waals surface area contributed by atoms with Crippen molar-refractivity contribution in [2.24, 2.45) is 4.99 Å². The van der Waals surface area contributed by atoms with Crippen LogP contribution < -0.4 is 14.4 Å². The van der Waals surface area contributed by atoms with E-state index in [-0.39, 0.29) is 11.4 Å². The summed E-state index contributed by atoms with van der Waals surface area (Å²) in [7, 11) is 0. The van der Waals surface area contributed by atoms with Gasteiger partial charge in [-0.15, -0.1) is 13.2 Å². The molecule has 2 aliphatic rings. The summed E-state index contributed by atoms with van der Waals surface area (Å²) >= 11 is 0. The minimum Gasteiger partial charge on any atom is -0.454 e. The Kier molecular flexibility index (Phi) is 4.58. The number of aliphatic imine (C=N–C) groups is 1. The van der Waals surface area contributed by atoms with Crippen LogP contribution >= 0.6 is 0 Å². The third kappa shape index (κ3) is 3.93. The van der Waals surface area contributed by atoms with Gasteiger partial charge in [0.2, 0.25) is 0 Å². The number of ether oxygens (including phenoxy) is 2. The average Bonchev–Trinajstić information content (AvgIpc) is 3.35. The van der Waals surface area contributed by atoms with Crippen molar-refractivity contribution in [2.45, 2.75) is 18.9 Å². The number of aliphatic hydroxyl groups is 1. The number of halogens is 3. The summed E-state index contributed by atoms with van der Waals surface area (Å²) in [5, 5.41) is 17.1. The van der Waals surface area contributed by atoms with Gasteiger partial charge in [0.15, 0.2) is 5.75 Å². The number of H-pyrrole nitrogens is 1. The third-order valence-electron chi connectivity index (χ3n) is 5.14. The van der Waals surface area contributed by atoms with Gasteiger partial charge in [-0.05, 0) is 30.7 Å². The Hall–Kier alpha value is -3.53. The van der Waals surface area contributed by atoms with E-state index in [1.165, 1.54) is 24.4 Å². The summed E-state index contributed by atoms with van der Waals surface area (Å²) in [5.41, 5.74) is 3.26. The van der Waals surface area contributed by atoms with E-state index in [0.717, 1.165) is 16.9 Å². The first-order valence-electron chi connectivity index (χ1n) is 9.59. The number of anilines is 1. The Morgan fingerprint density at radius 3 is 2.74 bits per heavy atom. The quantitative estimate of drug-likeness (QED) is 0.503. The highest BCUT2D eigenvalue weighted by atomic mass is 19.4. The Morgan fingerprint density at radius 1 is 1.16 bits per heavy atom. The molecule has 0 bridgehead atoms. The van der Waals surface area contributed by atoms with E-state index in [1.807, 2.05) is 18.2 Å². The molecule has 0 saturated carbocycles. The van der Waals surface area contributed by atoms with Crippen LogP contribution in [0.4, 0.5) is 24.5 Å². The van der Waals surface area contributed by atoms with Crippen molar-refractivity contribution in [3.63, 3.8) is 0 Å². The smallest absolute Gasteiger partial charge is 0.454 e. The minimum atomic E-state index is -4.79. The molecule has 1 aromatic heterocycles. The molecular formula is C21H17F3N4O3. The fourth-order valence-electron chi connectivity index (χ4n) is 3.75. The average molecular weight is 430 g/mol. The molecule has 1 saturated heterocycles. The Morgan fingerprint density at radius 2 is 2.03 bits per heavy atom. The van der Waals surface area contributed by atoms with E-state index in [4.69, 9.17) is 4.74 Å². The number of aromatic amines is 1. The van der Waals surface area contributed by atoms with Gasteiger partial charge in [-0.1, -0.05) is 0 Å². The minimum absolute atomic E-state index is 0.220. The van der Waals surface area contributed by atoms with Gasteiger partial charge < -0.3 is 19.5 Å². The number of β-amino-alcohol motifs (C(OH)–C–C–N with tert-alkyl or cyclic N) is 1. The van der Waals surface area contributed by atoms with Gasteiger partial charge in [0, 0.05) is 48.8 Å². The molecule has 2 aliphatic heterocycles. The van der Waals surface area contributed by atoms with Gasteiger partial charge in [0.05, 0.1) is 17.5 Å². The standard InChI is InChI=1S/C21H17F3N4O3/c22-21(23,24)31-14-1-2-19-17(8-14)25-10-12-7-15(16-3-5-26-27-16)18(9-20(12)30-19)28-6-4-13(29)11-28/h1-3,5,7-10,13,29H,4,6,11H2,(H,26,27). The number of nitrogens with one attached hydrogen (secondary N) is 1. The van der Waals surface area contributed by atoms with Crippen molar-refractivity contribution in [1.29, 1.82) is 0 Å². The summed E-state index contributed by atoms with van der Waals surface area (Å²) < 4.78 is 47.6. The molecule has 1 fully saturated rings. The molecule has 1 atom stereocenters. The predicted molar refractivity (Wildman–Crippen MR) is 107 cm³/mol. The van der Waals surface area contributed by atoms with Crippen molar-refractivity contribution >= 4 is 17.6 Å². The van der Waals surface area contributed by atoms with E-state index < -0.39 is 12.5 Å². The lowest BCUT2D eigenvalue weighted by atomic mass is 10.0. The van der Waals surface area contributed by atoms with Crippen molar-refractivity contribution in [1.82, 2.24) is 10.2 Å². The summed E-state index contributed by atoms with van der Waals surface area (Å²) in [6.07, 6.45) is -1.30. The Labute approximate surface area is 174 Å². The second-order valence-electron chi connectivity index (χ2n) is 7.29. The fourth-order valence-corrected chi connectivity index (χ4v) is 3.75. The van der Waals surface area contributed by atoms with Crippen LogP contribution in [-0.2, 0) is 0 Å². The van der Waals surface area contributed by atoms with E-state index in [9.17, 15) is 18.3 Å². The second kappa shape index (κ2) is 7.31. The van der Waals surface area contributed by atoms with Crippen LogP contribution in [0.3, 0.4) is 0 Å². The summed E-state index contributed by atoms with van der Waals surface area (Å²) in [5.74, 6) is 0.439. The highest BCUT2D eigenvalue weighted by molar-refractivity contribution is 5.93. The van der Waals surface area contributed by atoms with Crippen molar-refractivity contribution in [3.05, 3.63) is 48.2 Å². The van der Waals surface area contributed by atoms with E-state index in [0.29, 0.717) is 36.6 Å². The molecule has 2 N–H and O–H groups in total. The van der Waals surface area contributed by atoms with Crippen molar-refractivity contribution in [3.8, 4) is 28.5 Å². The van der Waals surface area contributed by atoms with Crippen molar-refractivity contribution in [2.75, 3.05) is 18.0 Å². The number of fused-ring (bicyclic) bond motifs is 2. The lowest BCUT2D eigenvalue weighted by Gasteiger charge is -2.22. The highest BCUT2D eigenvalue weighted by Gasteiger charge is 2.31. The normalized spacial score (nSPS) is 17.7. The van der Waals surface area contributed by atoms with Crippen LogP contribution in [0.5, 0.6) is 17.2 Å². The first-order chi connectivity index (χ1) is 14.9. The van der Waals surface area contributed by atoms with E-state index in [1.54, 1.807) is 6.20 Å². The van der Waals surface area contributed by atoms with E-state index >= 15 is 0 Å². The number of hydrogen-bond acceptors (Lipinski definition) is 6. The molecule has 3 heterocycles. The molecular weight excluding hydrogens is 413 g/mol. The van der Waals surface area contributed by atoms with Crippen LogP contribution in [0.15, 0.2) is 47.6 Å². The Bertz CT molecular complexity index is 1150. The van der Waals surface area contributed by atoms with Crippen LogP contribution in [0.2, 0.25) is 0 Å². The zero-order valence-electron chi connectivity index (χ0n) is 16.1. The molecule has 0 radical (unpaired) electrons. The van der Waals surface area contributed by atoms with Gasteiger partial charge in [-0.3, -0.25) is 10.1 Å². The van der Waals surface area contributed by atoms with Crippen molar-refractivity contribution < 1.29 is 27.8 Å². The van der Waals surface area contributed by atoms with Gasteiger partial charge in [-0.25, -0.2) is 0 Å². The van der Waals surface area contributed by atoms with Crippen LogP contribution in [0, 0.1) is 0 Å². The number of alkyl halides is 3. The lowest BCUT2D eigenvalue weighted by Crippen LogP contribution is -2.22. The number of rotatable bonds is 3. The van der Waals surface area contributed by atoms with Gasteiger partial charge in [-0.2, -0.15) is 5.10 Å². The summed E-state index contributed by atoms with van der Waals surface area (Å²) in [6.45, 7) is 1.17. The Balaban J connectivity index is 1.56. The molecule has 1 unspecified atom stereocenters. The molecule has 160 valence electrons. The summed E-state index contributed by atoms with van der Waals surface area (Å²) in [4.78, 5) is 6.36. The van der Waals surface area contributed by atoms with Crippen LogP contribution in [0.1, 0.15) is 12.0 Å². The topological polar surface area (TPSA) is 83.0 Å². The number of aromatic nitrogens is 2. The first-order valence-corrected chi connectivity index (χ1v) is 9.59. The van der Waals surface area contributed by atoms with Gasteiger partial charge in [0.25, 0.3) is 0 Å². The number of nitrogens with zero attached hydrogens (tertiary/aromatic N) is 3. The summed E-state index contributed by atoms with van der Waals surface area (Å²) in [6, 6.07) is 9.30. The predicted octanol–water partition coefficient (Wildman–Crippen LogP) is 4.40. The molecule has 0 aliphatic carbocycles. The first kappa shape index (κ1) is 19.4. The number of hydrogen-bond donors (Lipinski definition) is 2. The molecule has 2 aromatic carbocycles. The molecule has 31 heavy (non-hydrogen) atoms. The highest BCUT2D eigenvalue weighted by Crippen LogP contribution is 2.43. The maximum atomic E-state index is 12.5. The maximum Gasteiger partial charge on any atom is 0.573 e. The second-order valence-corrected chi connectivity index (χ2v) is 7.29. The lowest BCUT2D eigenvalue weighted by molar-refractivity contribution is -0.274. The van der Waals surface area contributed by atoms with Gasteiger partial charge >= 0.3 is 6.36 Å². The molecule has 0 amide bonds. The van der Waals surface area contributed by atoms with Crippen LogP contribution in [0.25, 0.3) is 11.3 Å². The van der Waals surface area contributed by atoms with Crippen LogP contribution in [-0.4, -0.2) is 47.1 Å². The molecule has 10 heteroatoms. The number of benzene rings is 2. The molecule has 3 aromatic rings. The largest absolute Gasteiger partial charge is 0.573 e. The third-order valence-corrected chi connectivity index (χ3v) is 5.14. The number of aliphatic hydroxyl groups excluding tert-OH is 1. The van der Waals surface area contributed by atoms with Gasteiger partial charge in [0.1, 0.15) is 17.2 Å². The molecule has 5 rings (SSSR count). The maximum absolute atomic E-state index is 12.5. The molecule has 7 nitrogen and oxygen atoms in total. The zero-order valence-corrected chi connectivity index (χ0v) is 16.1. The van der Waals surface area contributed by atoms with E-state index in [2.05, 4.69) is 24.8 Å². The fraction of sp³-hybridized carbons (Fsp3) is 0.238. The molecule has 0 spiro atoms. The SMILES string of the molecule is OC1CCN(c2cc3c(cc2-c2cc[nH]n2)C=Nc2cc(OC(F)(F)F)ccc2O3)C1. The monoisotopic (exact) mass is 430 g/mol.